The Morgan fingerprint density at radius 3 is 2.12 bits per heavy atom. The van der Waals surface area contributed by atoms with E-state index in [1.54, 1.807) is 0 Å². The van der Waals surface area contributed by atoms with Gasteiger partial charge >= 0.3 is 6.03 Å². The third-order valence-electron chi connectivity index (χ3n) is 5.13. The molecule has 1 fully saturated rings. The number of unbranched alkanes of at least 4 members (excludes halogenated alkanes) is 7. The van der Waals surface area contributed by atoms with E-state index >= 15 is 0 Å². The lowest BCUT2D eigenvalue weighted by Gasteiger charge is -2.41. The summed E-state index contributed by atoms with van der Waals surface area (Å²) in [5, 5.41) is 14.5. The Morgan fingerprint density at radius 1 is 1.00 bits per heavy atom. The summed E-state index contributed by atoms with van der Waals surface area (Å²) in [4.78, 5) is 26.2. The number of nitrogens with zero attached hydrogens (tertiary/aromatic N) is 2. The van der Waals surface area contributed by atoms with Crippen LogP contribution in [0, 0.1) is 0 Å². The number of carbonyl (C=O) groups excluding carboxylic acids is 2. The number of rotatable bonds is 9. The molecule has 0 saturated carbocycles. The van der Waals surface area contributed by atoms with E-state index in [-0.39, 0.29) is 24.9 Å². The summed E-state index contributed by atoms with van der Waals surface area (Å²) in [5.74, 6) is -0.243. The monoisotopic (exact) mass is 369 g/mol. The molecule has 152 valence electrons. The Balaban J connectivity index is 2.38. The number of imide groups is 1. The van der Waals surface area contributed by atoms with E-state index < -0.39 is 11.1 Å². The van der Waals surface area contributed by atoms with E-state index in [2.05, 4.69) is 12.2 Å². The molecule has 6 nitrogen and oxygen atoms in total. The van der Waals surface area contributed by atoms with Crippen molar-refractivity contribution in [2.24, 2.45) is 0 Å². The van der Waals surface area contributed by atoms with Crippen LogP contribution in [0.3, 0.4) is 0 Å². The van der Waals surface area contributed by atoms with Crippen LogP contribution in [0.4, 0.5) is 4.79 Å². The minimum Gasteiger partial charge on any atom is -0.338 e. The van der Waals surface area contributed by atoms with Crippen LogP contribution in [0.1, 0.15) is 92.4 Å². The second kappa shape index (κ2) is 10.3. The highest BCUT2D eigenvalue weighted by Crippen LogP contribution is 2.30. The number of carbonyl (C=O) groups is 2. The van der Waals surface area contributed by atoms with Crippen molar-refractivity contribution in [3.8, 4) is 0 Å². The number of hydroxylamine groups is 2. The van der Waals surface area contributed by atoms with Crippen molar-refractivity contribution in [1.29, 1.82) is 0 Å². The average molecular weight is 370 g/mol. The zero-order valence-corrected chi connectivity index (χ0v) is 17.4. The molecule has 1 aliphatic heterocycles. The van der Waals surface area contributed by atoms with Gasteiger partial charge in [0.15, 0.2) is 0 Å². The van der Waals surface area contributed by atoms with Crippen LogP contribution in [-0.4, -0.2) is 51.3 Å². The van der Waals surface area contributed by atoms with Gasteiger partial charge in [0.2, 0.25) is 5.91 Å². The summed E-state index contributed by atoms with van der Waals surface area (Å²) in [6, 6.07) is -0.350. The second-order valence-electron chi connectivity index (χ2n) is 8.80. The minimum absolute atomic E-state index is 0.109. The van der Waals surface area contributed by atoms with E-state index in [0.29, 0.717) is 6.54 Å². The third-order valence-corrected chi connectivity index (χ3v) is 5.13. The standard InChI is InChI=1S/C20H39N3O3/c1-6-7-8-9-10-11-12-13-14-21-18(25)22-16-20(4,5)23(26)19(2,3)15-17(22)24/h26H,6-16H2,1-5H3,(H,21,25). The van der Waals surface area contributed by atoms with Crippen LogP contribution in [0.5, 0.6) is 0 Å². The van der Waals surface area contributed by atoms with Crippen LogP contribution >= 0.6 is 0 Å². The minimum atomic E-state index is -0.701. The second-order valence-corrected chi connectivity index (χ2v) is 8.80. The van der Waals surface area contributed by atoms with Crippen molar-refractivity contribution in [2.75, 3.05) is 13.1 Å². The Morgan fingerprint density at radius 2 is 1.54 bits per heavy atom. The molecule has 2 N–H and O–H groups in total. The molecule has 0 aromatic carbocycles. The van der Waals surface area contributed by atoms with Gasteiger partial charge < -0.3 is 10.5 Å². The van der Waals surface area contributed by atoms with Gasteiger partial charge in [0.25, 0.3) is 0 Å². The van der Waals surface area contributed by atoms with Crippen molar-refractivity contribution in [2.45, 2.75) is 103 Å². The van der Waals surface area contributed by atoms with Crippen molar-refractivity contribution in [1.82, 2.24) is 15.3 Å². The zero-order chi connectivity index (χ0) is 19.8. The Bertz CT molecular complexity index is 463. The van der Waals surface area contributed by atoms with Gasteiger partial charge in [-0.3, -0.25) is 9.69 Å². The average Bonchev–Trinajstić information content (AvgIpc) is 2.62. The summed E-state index contributed by atoms with van der Waals surface area (Å²) in [6.07, 6.45) is 9.80. The van der Waals surface area contributed by atoms with Crippen LogP contribution in [0.2, 0.25) is 0 Å². The molecule has 0 spiro atoms. The van der Waals surface area contributed by atoms with E-state index in [9.17, 15) is 14.8 Å². The molecule has 1 saturated heterocycles. The largest absolute Gasteiger partial charge is 0.338 e. The maximum Gasteiger partial charge on any atom is 0.324 e. The SMILES string of the molecule is CCCCCCCCCCNC(=O)N1CC(C)(C)N(O)C(C)(C)CC1=O. The lowest BCUT2D eigenvalue weighted by atomic mass is 9.95. The molecule has 26 heavy (non-hydrogen) atoms. The fraction of sp³-hybridized carbons (Fsp3) is 0.900. The van der Waals surface area contributed by atoms with Gasteiger partial charge in [0, 0.05) is 18.5 Å². The van der Waals surface area contributed by atoms with Crippen LogP contribution in [0.15, 0.2) is 0 Å². The van der Waals surface area contributed by atoms with Crippen LogP contribution in [-0.2, 0) is 4.79 Å². The fourth-order valence-electron chi connectivity index (χ4n) is 3.64. The summed E-state index contributed by atoms with van der Waals surface area (Å²) < 4.78 is 0. The lowest BCUT2D eigenvalue weighted by molar-refractivity contribution is -0.218. The van der Waals surface area contributed by atoms with Gasteiger partial charge in [-0.05, 0) is 34.1 Å². The quantitative estimate of drug-likeness (QED) is 0.594. The molecule has 0 aromatic heterocycles. The number of hydrogen-bond acceptors (Lipinski definition) is 4. The van der Waals surface area contributed by atoms with Crippen molar-refractivity contribution in [3.63, 3.8) is 0 Å². The van der Waals surface area contributed by atoms with Crippen LogP contribution < -0.4 is 5.32 Å². The van der Waals surface area contributed by atoms with Crippen molar-refractivity contribution in [3.05, 3.63) is 0 Å². The Kier molecular flexibility index (Phi) is 9.04. The van der Waals surface area contributed by atoms with E-state index in [0.717, 1.165) is 12.8 Å². The summed E-state index contributed by atoms with van der Waals surface area (Å²) in [6.45, 7) is 10.3. The molecule has 0 radical (unpaired) electrons. The smallest absolute Gasteiger partial charge is 0.324 e. The number of hydrogen-bond donors (Lipinski definition) is 2. The molecule has 1 aliphatic rings. The topological polar surface area (TPSA) is 72.9 Å². The molecular weight excluding hydrogens is 330 g/mol. The van der Waals surface area contributed by atoms with Gasteiger partial charge in [-0.15, -0.1) is 0 Å². The molecular formula is C20H39N3O3. The normalized spacial score (nSPS) is 20.1. The van der Waals surface area contributed by atoms with Gasteiger partial charge in [-0.1, -0.05) is 51.9 Å². The van der Waals surface area contributed by atoms with E-state index in [1.807, 2.05) is 27.7 Å². The number of nitrogens with one attached hydrogen (secondary N) is 1. The van der Waals surface area contributed by atoms with Crippen LogP contribution in [0.25, 0.3) is 0 Å². The summed E-state index contributed by atoms with van der Waals surface area (Å²) in [5.41, 5.74) is -1.39. The maximum atomic E-state index is 12.5. The first kappa shape index (κ1) is 22.9. The highest BCUT2D eigenvalue weighted by atomic mass is 16.5. The molecule has 0 aliphatic carbocycles. The van der Waals surface area contributed by atoms with Gasteiger partial charge in [-0.25, -0.2) is 4.79 Å². The van der Waals surface area contributed by atoms with Crippen molar-refractivity contribution < 1.29 is 14.8 Å². The summed E-state index contributed by atoms with van der Waals surface area (Å²) >= 11 is 0. The predicted molar refractivity (Wildman–Crippen MR) is 104 cm³/mol. The predicted octanol–water partition coefficient (Wildman–Crippen LogP) is 4.32. The van der Waals surface area contributed by atoms with Crippen molar-refractivity contribution >= 4 is 11.9 Å². The zero-order valence-electron chi connectivity index (χ0n) is 17.4. The highest BCUT2D eigenvalue weighted by Gasteiger charge is 2.45. The Labute approximate surface area is 159 Å². The highest BCUT2D eigenvalue weighted by molar-refractivity contribution is 5.95. The molecule has 1 heterocycles. The first-order valence-electron chi connectivity index (χ1n) is 10.2. The molecule has 3 amide bonds. The molecule has 6 heteroatoms. The molecule has 0 bridgehead atoms. The first-order valence-corrected chi connectivity index (χ1v) is 10.2. The Hall–Kier alpha value is -1.14. The lowest BCUT2D eigenvalue weighted by Crippen LogP contribution is -2.56. The number of urea groups is 1. The first-order chi connectivity index (χ1) is 12.1. The fourth-order valence-corrected chi connectivity index (χ4v) is 3.64. The van der Waals surface area contributed by atoms with Gasteiger partial charge in [-0.2, -0.15) is 5.06 Å². The number of amides is 3. The van der Waals surface area contributed by atoms with E-state index in [1.165, 1.54) is 48.5 Å². The third kappa shape index (κ3) is 6.88. The van der Waals surface area contributed by atoms with Gasteiger partial charge in [0.05, 0.1) is 12.1 Å². The van der Waals surface area contributed by atoms with E-state index in [4.69, 9.17) is 0 Å². The maximum absolute atomic E-state index is 12.5. The molecule has 0 aromatic rings. The summed E-state index contributed by atoms with van der Waals surface area (Å²) in [7, 11) is 0. The van der Waals surface area contributed by atoms with Gasteiger partial charge in [0.1, 0.15) is 0 Å². The molecule has 0 atom stereocenters. The molecule has 1 rings (SSSR count). The molecule has 0 unspecified atom stereocenters.